The summed E-state index contributed by atoms with van der Waals surface area (Å²) in [6.07, 6.45) is 0. The number of nitrogens with one attached hydrogen (secondary N) is 1. The first-order valence-corrected chi connectivity index (χ1v) is 6.57. The van der Waals surface area contributed by atoms with E-state index < -0.39 is 46.8 Å². The third kappa shape index (κ3) is 5.62. The Labute approximate surface area is 121 Å². The minimum atomic E-state index is -4.58. The molecule has 0 bridgehead atoms. The summed E-state index contributed by atoms with van der Waals surface area (Å²) in [5.41, 5.74) is -4.34. The van der Waals surface area contributed by atoms with E-state index >= 15 is 0 Å². The first-order valence-electron chi connectivity index (χ1n) is 5.59. The number of thioether (sulfide) groups is 1. The molecule has 1 amide bonds. The van der Waals surface area contributed by atoms with E-state index in [1.807, 2.05) is 5.32 Å². The van der Waals surface area contributed by atoms with Crippen molar-refractivity contribution in [3.8, 4) is 0 Å². The quantitative estimate of drug-likeness (QED) is 0.817. The molecule has 116 valence electrons. The second-order valence-electron chi connectivity index (χ2n) is 4.08. The molecule has 1 atom stereocenters. The largest absolute Gasteiger partial charge is 0.479 e. The second kappa shape index (κ2) is 6.79. The molecule has 4 nitrogen and oxygen atoms in total. The van der Waals surface area contributed by atoms with Crippen molar-refractivity contribution in [3.05, 3.63) is 35.1 Å². The summed E-state index contributed by atoms with van der Waals surface area (Å²) >= 11 is -0.569. The number of benzene rings is 1. The van der Waals surface area contributed by atoms with Crippen molar-refractivity contribution in [1.82, 2.24) is 5.32 Å². The van der Waals surface area contributed by atoms with Gasteiger partial charge in [-0.1, -0.05) is 12.1 Å². The first kappa shape index (κ1) is 17.3. The molecule has 0 aliphatic heterocycles. The number of alkyl halides is 3. The number of aliphatic carboxylic acids is 1. The molecule has 0 spiro atoms. The zero-order valence-corrected chi connectivity index (χ0v) is 11.5. The molecule has 1 rings (SSSR count). The fraction of sp³-hybridized carbons (Fsp3) is 0.333. The van der Waals surface area contributed by atoms with Crippen molar-refractivity contribution in [2.45, 2.75) is 18.5 Å². The number of hydrogen-bond acceptors (Lipinski definition) is 3. The van der Waals surface area contributed by atoms with E-state index in [9.17, 15) is 27.2 Å². The Morgan fingerprint density at radius 1 is 1.38 bits per heavy atom. The van der Waals surface area contributed by atoms with Gasteiger partial charge in [-0.05, 0) is 35.9 Å². The van der Waals surface area contributed by atoms with Crippen LogP contribution in [-0.4, -0.2) is 28.2 Å². The molecule has 21 heavy (non-hydrogen) atoms. The Hall–Kier alpha value is -1.77. The number of carboxylic acid groups (broad SMARTS) is 1. The van der Waals surface area contributed by atoms with E-state index in [4.69, 9.17) is 5.11 Å². The SMILES string of the molecule is Cc1cc(C(NC(=O)CSC(F)(F)F)C(=O)O)ccc1F. The fourth-order valence-corrected chi connectivity index (χ4v) is 1.86. The summed E-state index contributed by atoms with van der Waals surface area (Å²) < 4.78 is 49.0. The summed E-state index contributed by atoms with van der Waals surface area (Å²) in [5, 5.41) is 11.0. The number of hydrogen-bond donors (Lipinski definition) is 2. The highest BCUT2D eigenvalue weighted by molar-refractivity contribution is 8.00. The Bertz CT molecular complexity index is 548. The van der Waals surface area contributed by atoms with Crippen LogP contribution in [0.15, 0.2) is 18.2 Å². The van der Waals surface area contributed by atoms with Gasteiger partial charge in [-0.3, -0.25) is 4.79 Å². The average Bonchev–Trinajstić information content (AvgIpc) is 2.36. The molecule has 0 fully saturated rings. The minimum absolute atomic E-state index is 0.0757. The number of carboxylic acids is 1. The van der Waals surface area contributed by atoms with Gasteiger partial charge in [0.2, 0.25) is 5.91 Å². The van der Waals surface area contributed by atoms with Gasteiger partial charge in [-0.25, -0.2) is 9.18 Å². The predicted molar refractivity (Wildman–Crippen MR) is 68.2 cm³/mol. The smallest absolute Gasteiger partial charge is 0.442 e. The van der Waals surface area contributed by atoms with Gasteiger partial charge in [0.05, 0.1) is 5.75 Å². The number of carbonyl (C=O) groups excluding carboxylic acids is 1. The standard InChI is InChI=1S/C12H11F4NO3S/c1-6-4-7(2-3-8(6)13)10(11(19)20)17-9(18)5-21-12(14,15)16/h2-4,10H,5H2,1H3,(H,17,18)(H,19,20). The zero-order valence-electron chi connectivity index (χ0n) is 10.7. The summed E-state index contributed by atoms with van der Waals surface area (Å²) in [5.74, 6) is -4.03. The van der Waals surface area contributed by atoms with Crippen LogP contribution in [0.1, 0.15) is 17.2 Å². The van der Waals surface area contributed by atoms with Crippen LogP contribution in [0.2, 0.25) is 0 Å². The van der Waals surface area contributed by atoms with Gasteiger partial charge in [-0.2, -0.15) is 13.2 Å². The van der Waals surface area contributed by atoms with Crippen molar-refractivity contribution in [2.24, 2.45) is 0 Å². The van der Waals surface area contributed by atoms with E-state index in [2.05, 4.69) is 0 Å². The van der Waals surface area contributed by atoms with Crippen molar-refractivity contribution in [3.63, 3.8) is 0 Å². The van der Waals surface area contributed by atoms with Gasteiger partial charge in [0.1, 0.15) is 5.82 Å². The summed E-state index contributed by atoms with van der Waals surface area (Å²) in [7, 11) is 0. The zero-order chi connectivity index (χ0) is 16.2. The van der Waals surface area contributed by atoms with Crippen LogP contribution >= 0.6 is 11.8 Å². The van der Waals surface area contributed by atoms with Crippen LogP contribution in [0.4, 0.5) is 17.6 Å². The lowest BCUT2D eigenvalue weighted by Crippen LogP contribution is -2.35. The number of halogens is 4. The molecule has 0 aromatic heterocycles. The van der Waals surface area contributed by atoms with Crippen LogP contribution in [0.3, 0.4) is 0 Å². The average molecular weight is 325 g/mol. The lowest BCUT2D eigenvalue weighted by molar-refractivity contribution is -0.141. The van der Waals surface area contributed by atoms with Crippen LogP contribution in [0.25, 0.3) is 0 Å². The topological polar surface area (TPSA) is 66.4 Å². The van der Waals surface area contributed by atoms with Gasteiger partial charge < -0.3 is 10.4 Å². The van der Waals surface area contributed by atoms with Crippen molar-refractivity contribution < 1.29 is 32.3 Å². The van der Waals surface area contributed by atoms with Crippen LogP contribution in [0.5, 0.6) is 0 Å². The molecule has 0 aliphatic carbocycles. The Morgan fingerprint density at radius 3 is 2.48 bits per heavy atom. The maximum Gasteiger partial charge on any atom is 0.442 e. The van der Waals surface area contributed by atoms with E-state index in [0.29, 0.717) is 0 Å². The number of amides is 1. The molecule has 0 radical (unpaired) electrons. The molecular weight excluding hydrogens is 314 g/mol. The monoisotopic (exact) mass is 325 g/mol. The predicted octanol–water partition coefficient (Wildman–Crippen LogP) is 2.63. The molecule has 1 aromatic carbocycles. The first-order chi connectivity index (χ1) is 9.60. The molecule has 0 heterocycles. The summed E-state index contributed by atoms with van der Waals surface area (Å²) in [6, 6.07) is 1.85. The molecule has 0 saturated carbocycles. The van der Waals surface area contributed by atoms with E-state index in [1.165, 1.54) is 13.0 Å². The number of carbonyl (C=O) groups is 2. The molecule has 1 aromatic rings. The Balaban J connectivity index is 2.81. The van der Waals surface area contributed by atoms with Gasteiger partial charge in [0.25, 0.3) is 0 Å². The van der Waals surface area contributed by atoms with Gasteiger partial charge in [-0.15, -0.1) is 0 Å². The minimum Gasteiger partial charge on any atom is -0.479 e. The van der Waals surface area contributed by atoms with Gasteiger partial charge in [0.15, 0.2) is 6.04 Å². The highest BCUT2D eigenvalue weighted by Crippen LogP contribution is 2.29. The highest BCUT2D eigenvalue weighted by Gasteiger charge is 2.30. The van der Waals surface area contributed by atoms with E-state index in [0.717, 1.165) is 12.1 Å². The van der Waals surface area contributed by atoms with Crippen molar-refractivity contribution in [2.75, 3.05) is 5.75 Å². The molecule has 0 aliphatic rings. The molecule has 2 N–H and O–H groups in total. The maximum atomic E-state index is 13.1. The van der Waals surface area contributed by atoms with Crippen LogP contribution in [0, 0.1) is 12.7 Å². The molecule has 1 unspecified atom stereocenters. The lowest BCUT2D eigenvalue weighted by atomic mass is 10.0. The summed E-state index contributed by atoms with van der Waals surface area (Å²) in [6.45, 7) is 1.40. The van der Waals surface area contributed by atoms with Crippen molar-refractivity contribution in [1.29, 1.82) is 0 Å². The highest BCUT2D eigenvalue weighted by atomic mass is 32.2. The van der Waals surface area contributed by atoms with Crippen LogP contribution < -0.4 is 5.32 Å². The van der Waals surface area contributed by atoms with E-state index in [1.54, 1.807) is 0 Å². The maximum absolute atomic E-state index is 13.1. The molecule has 9 heteroatoms. The van der Waals surface area contributed by atoms with E-state index in [-0.39, 0.29) is 11.1 Å². The second-order valence-corrected chi connectivity index (χ2v) is 5.12. The van der Waals surface area contributed by atoms with Gasteiger partial charge in [0, 0.05) is 0 Å². The van der Waals surface area contributed by atoms with Crippen LogP contribution in [-0.2, 0) is 9.59 Å². The normalized spacial score (nSPS) is 12.8. The Kier molecular flexibility index (Phi) is 5.59. The fourth-order valence-electron chi connectivity index (χ4n) is 1.49. The molecular formula is C12H11F4NO3S. The number of rotatable bonds is 5. The summed E-state index contributed by atoms with van der Waals surface area (Å²) in [4.78, 5) is 22.5. The third-order valence-corrected chi connectivity index (χ3v) is 3.17. The molecule has 0 saturated heterocycles. The lowest BCUT2D eigenvalue weighted by Gasteiger charge is -2.16. The number of aryl methyl sites for hydroxylation is 1. The van der Waals surface area contributed by atoms with Gasteiger partial charge >= 0.3 is 11.5 Å². The van der Waals surface area contributed by atoms with Crippen molar-refractivity contribution >= 4 is 23.6 Å². The Morgan fingerprint density at radius 2 is 2.00 bits per heavy atom. The third-order valence-electron chi connectivity index (χ3n) is 2.43.